The highest BCUT2D eigenvalue weighted by Gasteiger charge is 2.28. The molecule has 0 saturated carbocycles. The maximum absolute atomic E-state index is 9.15. The van der Waals surface area contributed by atoms with E-state index in [1.165, 1.54) is 15.5 Å². The van der Waals surface area contributed by atoms with Crippen molar-refractivity contribution in [1.29, 1.82) is 10.5 Å². The van der Waals surface area contributed by atoms with E-state index < -0.39 is 0 Å². The van der Waals surface area contributed by atoms with Gasteiger partial charge in [-0.2, -0.15) is 10.5 Å². The highest BCUT2D eigenvalue weighted by molar-refractivity contribution is 7.99. The topological polar surface area (TPSA) is 60.0 Å². The maximum Gasteiger partial charge on any atom is 0.136 e. The second-order valence-corrected chi connectivity index (χ2v) is 8.52. The summed E-state index contributed by atoms with van der Waals surface area (Å²) < 4.78 is 6.40. The molecule has 4 nitrogen and oxygen atoms in total. The fourth-order valence-corrected chi connectivity index (χ4v) is 5.41. The number of nitrogens with zero attached hydrogens (tertiary/aromatic N) is 3. The number of nitriles is 2. The number of fused-ring (bicyclic) bond motifs is 4. The average Bonchev–Trinajstić information content (AvgIpc) is 2.78. The monoisotopic (exact) mass is 409 g/mol. The van der Waals surface area contributed by atoms with Gasteiger partial charge in [-0.05, 0) is 67.7 Å². The molecule has 0 bridgehead atoms. The van der Waals surface area contributed by atoms with Crippen LogP contribution in [0, 0.1) is 22.7 Å². The van der Waals surface area contributed by atoms with Gasteiger partial charge >= 0.3 is 0 Å². The van der Waals surface area contributed by atoms with Crippen LogP contribution in [0.15, 0.2) is 74.7 Å². The predicted octanol–water partition coefficient (Wildman–Crippen LogP) is 6.50. The smallest absolute Gasteiger partial charge is 0.136 e. The van der Waals surface area contributed by atoms with E-state index >= 15 is 0 Å². The van der Waals surface area contributed by atoms with Crippen LogP contribution in [0.25, 0.3) is 6.08 Å². The Morgan fingerprint density at radius 2 is 1.97 bits per heavy atom. The molecule has 2 aliphatic heterocycles. The van der Waals surface area contributed by atoms with Crippen molar-refractivity contribution in [1.82, 2.24) is 0 Å². The first-order chi connectivity index (χ1) is 14.7. The number of benzene rings is 2. The summed E-state index contributed by atoms with van der Waals surface area (Å²) in [5.74, 6) is 1.64. The van der Waals surface area contributed by atoms with Gasteiger partial charge in [0.25, 0.3) is 0 Å². The largest absolute Gasteiger partial charge is 0.456 e. The summed E-state index contributed by atoms with van der Waals surface area (Å²) in [5, 5.41) is 18.3. The fraction of sp³-hybridized carbons (Fsp3) is 0.200. The Bertz CT molecular complexity index is 1220. The molecule has 0 unspecified atom stereocenters. The fourth-order valence-electron chi connectivity index (χ4n) is 4.28. The van der Waals surface area contributed by atoms with E-state index in [4.69, 9.17) is 15.3 Å². The standard InChI is InChI=1S/C25H19N3OS/c1-2-28-20-8-3-4-9-23(20)30-24-12-19-11-18-7-5-6-17(10-16(14-26)15-27)25(18)29-22(19)13-21(24)28/h3-4,8-13H,2,5-7H2,1H3. The summed E-state index contributed by atoms with van der Waals surface area (Å²) >= 11 is 1.80. The Morgan fingerprint density at radius 3 is 2.77 bits per heavy atom. The molecule has 0 atom stereocenters. The highest BCUT2D eigenvalue weighted by Crippen LogP contribution is 2.51. The van der Waals surface area contributed by atoms with Crippen molar-refractivity contribution in [2.24, 2.45) is 0 Å². The minimum atomic E-state index is 0.115. The quantitative estimate of drug-likeness (QED) is 0.530. The Morgan fingerprint density at radius 1 is 1.13 bits per heavy atom. The lowest BCUT2D eigenvalue weighted by molar-refractivity contribution is 0.410. The summed E-state index contributed by atoms with van der Waals surface area (Å²) in [4.78, 5) is 4.82. The SMILES string of the molecule is CCN1c2ccccc2Sc2cc3c(cc21)OC1=C(C=C(C#N)C#N)CCCC1=C3. The molecule has 5 heteroatoms. The Kier molecular flexibility index (Phi) is 4.62. The highest BCUT2D eigenvalue weighted by atomic mass is 32.2. The number of ether oxygens (including phenoxy) is 1. The van der Waals surface area contributed by atoms with Crippen LogP contribution in [0.2, 0.25) is 0 Å². The summed E-state index contributed by atoms with van der Waals surface area (Å²) in [5.41, 5.74) is 5.65. The molecule has 2 aromatic rings. The van der Waals surface area contributed by atoms with Crippen LogP contribution in [0.1, 0.15) is 31.7 Å². The van der Waals surface area contributed by atoms with E-state index in [1.807, 2.05) is 12.1 Å². The van der Waals surface area contributed by atoms with Crippen molar-refractivity contribution in [3.8, 4) is 17.9 Å². The lowest BCUT2D eigenvalue weighted by atomic mass is 9.89. The van der Waals surface area contributed by atoms with Gasteiger partial charge in [0.1, 0.15) is 29.2 Å². The maximum atomic E-state index is 9.15. The molecule has 0 N–H and O–H groups in total. The minimum absolute atomic E-state index is 0.115. The third-order valence-electron chi connectivity index (χ3n) is 5.65. The molecule has 2 heterocycles. The summed E-state index contributed by atoms with van der Waals surface area (Å²) in [6, 6.07) is 16.7. The van der Waals surface area contributed by atoms with Gasteiger partial charge in [0.15, 0.2) is 0 Å². The first kappa shape index (κ1) is 18.6. The van der Waals surface area contributed by atoms with Crippen LogP contribution >= 0.6 is 11.8 Å². The van der Waals surface area contributed by atoms with Crippen LogP contribution in [-0.2, 0) is 0 Å². The van der Waals surface area contributed by atoms with Gasteiger partial charge in [0.05, 0.1) is 11.4 Å². The molecule has 0 fully saturated rings. The molecule has 0 saturated heterocycles. The van der Waals surface area contributed by atoms with Crippen molar-refractivity contribution in [2.45, 2.75) is 36.0 Å². The van der Waals surface area contributed by atoms with Crippen LogP contribution < -0.4 is 9.64 Å². The van der Waals surface area contributed by atoms with Crippen LogP contribution in [0.5, 0.6) is 5.75 Å². The van der Waals surface area contributed by atoms with E-state index in [9.17, 15) is 0 Å². The van der Waals surface area contributed by atoms with Crippen molar-refractivity contribution in [3.05, 3.63) is 70.5 Å². The van der Waals surface area contributed by atoms with Gasteiger partial charge in [0.2, 0.25) is 0 Å². The minimum Gasteiger partial charge on any atom is -0.456 e. The zero-order chi connectivity index (χ0) is 20.7. The van der Waals surface area contributed by atoms with Gasteiger partial charge in [-0.3, -0.25) is 0 Å². The zero-order valence-electron chi connectivity index (χ0n) is 16.6. The van der Waals surface area contributed by atoms with Crippen molar-refractivity contribution in [3.63, 3.8) is 0 Å². The summed E-state index contributed by atoms with van der Waals surface area (Å²) in [7, 11) is 0. The van der Waals surface area contributed by atoms with E-state index in [1.54, 1.807) is 17.8 Å². The molecule has 3 aliphatic rings. The molecule has 0 spiro atoms. The second-order valence-electron chi connectivity index (χ2n) is 7.43. The first-order valence-electron chi connectivity index (χ1n) is 10.1. The molecule has 5 rings (SSSR count). The molecule has 0 radical (unpaired) electrons. The van der Waals surface area contributed by atoms with Gasteiger partial charge in [0, 0.05) is 28.0 Å². The van der Waals surface area contributed by atoms with E-state index in [0.717, 1.165) is 59.7 Å². The van der Waals surface area contributed by atoms with Gasteiger partial charge in [-0.25, -0.2) is 0 Å². The van der Waals surface area contributed by atoms with E-state index in [-0.39, 0.29) is 5.57 Å². The average molecular weight is 410 g/mol. The van der Waals surface area contributed by atoms with Crippen molar-refractivity contribution in [2.75, 3.05) is 11.4 Å². The molecule has 0 amide bonds. The Labute approximate surface area is 180 Å². The van der Waals surface area contributed by atoms with Gasteiger partial charge in [-0.1, -0.05) is 23.9 Å². The molecule has 2 aromatic carbocycles. The normalized spacial score (nSPS) is 16.0. The van der Waals surface area contributed by atoms with Crippen LogP contribution in [-0.4, -0.2) is 6.54 Å². The molecule has 30 heavy (non-hydrogen) atoms. The number of allylic oxidation sites excluding steroid dienone is 4. The number of hydrogen-bond donors (Lipinski definition) is 0. The lowest BCUT2D eigenvalue weighted by Gasteiger charge is -2.34. The van der Waals surface area contributed by atoms with Crippen molar-refractivity contribution >= 4 is 29.2 Å². The zero-order valence-corrected chi connectivity index (χ0v) is 17.4. The molecular formula is C25H19N3OS. The first-order valence-corrected chi connectivity index (χ1v) is 10.9. The Hall–Kier alpha value is -3.41. The number of para-hydroxylation sites is 1. The third kappa shape index (κ3) is 3.00. The molecule has 1 aliphatic carbocycles. The Balaban J connectivity index is 1.62. The molecule has 0 aromatic heterocycles. The van der Waals surface area contributed by atoms with Crippen molar-refractivity contribution < 1.29 is 4.74 Å². The number of rotatable bonds is 2. The summed E-state index contributed by atoms with van der Waals surface area (Å²) in [6.07, 6.45) is 6.62. The number of anilines is 2. The van der Waals surface area contributed by atoms with Gasteiger partial charge < -0.3 is 9.64 Å². The summed E-state index contributed by atoms with van der Waals surface area (Å²) in [6.45, 7) is 3.03. The molecule has 146 valence electrons. The predicted molar refractivity (Wildman–Crippen MR) is 118 cm³/mol. The lowest BCUT2D eigenvalue weighted by Crippen LogP contribution is -2.21. The molecular weight excluding hydrogens is 390 g/mol. The third-order valence-corrected chi connectivity index (χ3v) is 6.76. The van der Waals surface area contributed by atoms with E-state index in [0.29, 0.717) is 0 Å². The van der Waals surface area contributed by atoms with E-state index in [2.05, 4.69) is 54.3 Å². The van der Waals surface area contributed by atoms with Gasteiger partial charge in [-0.15, -0.1) is 0 Å². The van der Waals surface area contributed by atoms with Crippen LogP contribution in [0.3, 0.4) is 0 Å². The number of hydrogen-bond acceptors (Lipinski definition) is 5. The van der Waals surface area contributed by atoms with Crippen LogP contribution in [0.4, 0.5) is 11.4 Å². The second kappa shape index (κ2) is 7.44.